The SMILES string of the molecule is CCC(CC)(c1ccc(C(C)C)cc1)c1c[nH]c2c(NS(C)(=O)=O)cccc12. The molecular formula is C23H30N2O2S. The topological polar surface area (TPSA) is 62.0 Å². The highest BCUT2D eigenvalue weighted by Crippen LogP contribution is 2.43. The third-order valence-electron chi connectivity index (χ3n) is 5.86. The van der Waals surface area contributed by atoms with Gasteiger partial charge in [-0.25, -0.2) is 8.42 Å². The predicted octanol–water partition coefficient (Wildman–Crippen LogP) is 5.77. The number of hydrogen-bond acceptors (Lipinski definition) is 2. The van der Waals surface area contributed by atoms with Crippen LogP contribution >= 0.6 is 0 Å². The van der Waals surface area contributed by atoms with Crippen LogP contribution in [0.3, 0.4) is 0 Å². The maximum absolute atomic E-state index is 11.7. The van der Waals surface area contributed by atoms with Gasteiger partial charge >= 0.3 is 0 Å². The van der Waals surface area contributed by atoms with E-state index in [0.29, 0.717) is 11.6 Å². The molecule has 0 bridgehead atoms. The zero-order valence-electron chi connectivity index (χ0n) is 17.3. The zero-order chi connectivity index (χ0) is 20.5. The van der Waals surface area contributed by atoms with Crippen LogP contribution in [-0.2, 0) is 15.4 Å². The molecule has 0 saturated heterocycles. The van der Waals surface area contributed by atoms with E-state index in [1.165, 1.54) is 22.9 Å². The number of aromatic nitrogens is 1. The van der Waals surface area contributed by atoms with Gasteiger partial charge in [-0.05, 0) is 41.5 Å². The van der Waals surface area contributed by atoms with Crippen LogP contribution in [0, 0.1) is 0 Å². The Labute approximate surface area is 168 Å². The summed E-state index contributed by atoms with van der Waals surface area (Å²) in [6.45, 7) is 8.85. The Kier molecular flexibility index (Phi) is 5.57. The molecule has 4 nitrogen and oxygen atoms in total. The van der Waals surface area contributed by atoms with E-state index in [2.05, 4.69) is 67.7 Å². The van der Waals surface area contributed by atoms with Crippen LogP contribution in [0.5, 0.6) is 0 Å². The number of anilines is 1. The highest BCUT2D eigenvalue weighted by molar-refractivity contribution is 7.92. The highest BCUT2D eigenvalue weighted by atomic mass is 32.2. The second-order valence-corrected chi connectivity index (χ2v) is 9.62. The quantitative estimate of drug-likeness (QED) is 0.531. The van der Waals surface area contributed by atoms with E-state index < -0.39 is 10.0 Å². The lowest BCUT2D eigenvalue weighted by atomic mass is 9.70. The second kappa shape index (κ2) is 7.63. The van der Waals surface area contributed by atoms with Gasteiger partial charge in [0.25, 0.3) is 0 Å². The first kappa shape index (κ1) is 20.5. The van der Waals surface area contributed by atoms with Crippen LogP contribution < -0.4 is 4.72 Å². The van der Waals surface area contributed by atoms with E-state index in [0.717, 1.165) is 23.7 Å². The molecule has 2 aromatic carbocycles. The summed E-state index contributed by atoms with van der Waals surface area (Å²) in [7, 11) is -3.34. The molecule has 0 atom stereocenters. The van der Waals surface area contributed by atoms with Crippen molar-refractivity contribution in [2.75, 3.05) is 11.0 Å². The molecule has 28 heavy (non-hydrogen) atoms. The average Bonchev–Trinajstić information content (AvgIpc) is 3.08. The summed E-state index contributed by atoms with van der Waals surface area (Å²) in [4.78, 5) is 3.33. The molecular weight excluding hydrogens is 368 g/mol. The number of rotatable bonds is 7. The van der Waals surface area contributed by atoms with Crippen LogP contribution in [-0.4, -0.2) is 19.7 Å². The molecule has 5 heteroatoms. The second-order valence-electron chi connectivity index (χ2n) is 7.87. The monoisotopic (exact) mass is 398 g/mol. The summed E-state index contributed by atoms with van der Waals surface area (Å²) in [6.07, 6.45) is 5.14. The number of H-pyrrole nitrogens is 1. The zero-order valence-corrected chi connectivity index (χ0v) is 18.2. The van der Waals surface area contributed by atoms with Gasteiger partial charge in [0.05, 0.1) is 17.5 Å². The number of aromatic amines is 1. The van der Waals surface area contributed by atoms with E-state index in [9.17, 15) is 8.42 Å². The van der Waals surface area contributed by atoms with Crippen LogP contribution in [0.1, 0.15) is 63.1 Å². The number of benzene rings is 2. The van der Waals surface area contributed by atoms with Gasteiger partial charge in [0, 0.05) is 17.0 Å². The maximum Gasteiger partial charge on any atom is 0.229 e. The van der Waals surface area contributed by atoms with Crippen molar-refractivity contribution in [2.45, 2.75) is 51.9 Å². The van der Waals surface area contributed by atoms with Gasteiger partial charge in [-0.1, -0.05) is 64.1 Å². The molecule has 3 rings (SSSR count). The highest BCUT2D eigenvalue weighted by Gasteiger charge is 2.33. The number of hydrogen-bond donors (Lipinski definition) is 2. The molecule has 0 saturated carbocycles. The smallest absolute Gasteiger partial charge is 0.229 e. The van der Waals surface area contributed by atoms with Crippen LogP contribution in [0.15, 0.2) is 48.7 Å². The van der Waals surface area contributed by atoms with Crippen molar-refractivity contribution < 1.29 is 8.42 Å². The first-order chi connectivity index (χ1) is 13.2. The molecule has 3 aromatic rings. The number of fused-ring (bicyclic) bond motifs is 1. The molecule has 2 N–H and O–H groups in total. The molecule has 0 aliphatic carbocycles. The number of para-hydroxylation sites is 1. The molecule has 0 aliphatic rings. The summed E-state index contributed by atoms with van der Waals surface area (Å²) in [6, 6.07) is 14.7. The summed E-state index contributed by atoms with van der Waals surface area (Å²) < 4.78 is 26.1. The van der Waals surface area contributed by atoms with Gasteiger partial charge in [0.15, 0.2) is 0 Å². The van der Waals surface area contributed by atoms with Crippen molar-refractivity contribution in [3.05, 3.63) is 65.4 Å². The minimum absolute atomic E-state index is 0.128. The molecule has 150 valence electrons. The Hall–Kier alpha value is -2.27. The van der Waals surface area contributed by atoms with Gasteiger partial charge < -0.3 is 4.98 Å². The molecule has 1 aromatic heterocycles. The van der Waals surface area contributed by atoms with Crippen LogP contribution in [0.25, 0.3) is 10.9 Å². The summed E-state index contributed by atoms with van der Waals surface area (Å²) in [5.74, 6) is 0.504. The number of nitrogens with one attached hydrogen (secondary N) is 2. The van der Waals surface area contributed by atoms with Gasteiger partial charge in [-0.2, -0.15) is 0 Å². The van der Waals surface area contributed by atoms with Gasteiger partial charge in [0.2, 0.25) is 10.0 Å². The van der Waals surface area contributed by atoms with Crippen molar-refractivity contribution in [1.82, 2.24) is 4.98 Å². The molecule has 1 heterocycles. The molecule has 0 fully saturated rings. The summed E-state index contributed by atoms with van der Waals surface area (Å²) in [5, 5.41) is 1.06. The first-order valence-corrected chi connectivity index (χ1v) is 11.8. The van der Waals surface area contributed by atoms with Crippen LogP contribution in [0.4, 0.5) is 5.69 Å². The van der Waals surface area contributed by atoms with Gasteiger partial charge in [-0.15, -0.1) is 0 Å². The summed E-state index contributed by atoms with van der Waals surface area (Å²) in [5.41, 5.74) is 5.13. The van der Waals surface area contributed by atoms with Crippen molar-refractivity contribution >= 4 is 26.6 Å². The Morgan fingerprint density at radius 2 is 1.68 bits per heavy atom. The third kappa shape index (κ3) is 3.68. The van der Waals surface area contributed by atoms with Crippen LogP contribution in [0.2, 0.25) is 0 Å². The number of sulfonamides is 1. The summed E-state index contributed by atoms with van der Waals surface area (Å²) >= 11 is 0. The molecule has 0 radical (unpaired) electrons. The standard InChI is InChI=1S/C23H30N2O2S/c1-6-23(7-2,18-13-11-17(12-14-18)16(3)4)20-15-24-22-19(20)9-8-10-21(22)25-28(5,26)27/h8-16,24-25H,6-7H2,1-5H3. The molecule has 0 aliphatic heterocycles. The van der Waals surface area contributed by atoms with Gasteiger partial charge in [-0.3, -0.25) is 4.72 Å². The van der Waals surface area contributed by atoms with Gasteiger partial charge in [0.1, 0.15) is 0 Å². The fourth-order valence-corrected chi connectivity index (χ4v) is 4.79. The van der Waals surface area contributed by atoms with E-state index in [-0.39, 0.29) is 5.41 Å². The first-order valence-electron chi connectivity index (χ1n) is 9.90. The minimum Gasteiger partial charge on any atom is -0.359 e. The van der Waals surface area contributed by atoms with E-state index >= 15 is 0 Å². The molecule has 0 spiro atoms. The molecule has 0 amide bonds. The Bertz CT molecular complexity index is 1060. The maximum atomic E-state index is 11.7. The fraction of sp³-hybridized carbons (Fsp3) is 0.391. The van der Waals surface area contributed by atoms with Crippen molar-refractivity contribution in [1.29, 1.82) is 0 Å². The Balaban J connectivity index is 2.17. The minimum atomic E-state index is -3.34. The van der Waals surface area contributed by atoms with Crippen molar-refractivity contribution in [3.63, 3.8) is 0 Å². The Morgan fingerprint density at radius 3 is 2.21 bits per heavy atom. The normalized spacial score (nSPS) is 12.6. The lowest BCUT2D eigenvalue weighted by molar-refractivity contribution is 0.482. The van der Waals surface area contributed by atoms with Crippen molar-refractivity contribution in [3.8, 4) is 0 Å². The lowest BCUT2D eigenvalue weighted by Crippen LogP contribution is -2.25. The fourth-order valence-electron chi connectivity index (χ4n) is 4.22. The largest absolute Gasteiger partial charge is 0.359 e. The van der Waals surface area contributed by atoms with Crippen molar-refractivity contribution in [2.24, 2.45) is 0 Å². The average molecular weight is 399 g/mol. The van der Waals surface area contributed by atoms with E-state index in [1.54, 1.807) is 6.07 Å². The lowest BCUT2D eigenvalue weighted by Gasteiger charge is -2.33. The Morgan fingerprint density at radius 1 is 1.04 bits per heavy atom. The van der Waals surface area contributed by atoms with E-state index in [4.69, 9.17) is 0 Å². The third-order valence-corrected chi connectivity index (χ3v) is 6.45. The van der Waals surface area contributed by atoms with E-state index in [1.807, 2.05) is 12.3 Å². The molecule has 0 unspecified atom stereocenters. The predicted molar refractivity (Wildman–Crippen MR) is 119 cm³/mol.